The number of aromatic nitrogens is 3. The third-order valence-electron chi connectivity index (χ3n) is 5.56. The van der Waals surface area contributed by atoms with Crippen molar-refractivity contribution in [3.8, 4) is 22.9 Å². The maximum atomic E-state index is 13.0. The summed E-state index contributed by atoms with van der Waals surface area (Å²) in [6.07, 6.45) is 0.798. The number of carbonyl (C=O) groups is 1. The minimum atomic E-state index is 0.0831. The van der Waals surface area contributed by atoms with Gasteiger partial charge < -0.3 is 18.8 Å². The summed E-state index contributed by atoms with van der Waals surface area (Å²) in [5.41, 5.74) is 4.93. The molecule has 0 bridgehead atoms. The number of thioether (sulfide) groups is 1. The number of methoxy groups -OCH3 is 3. The van der Waals surface area contributed by atoms with E-state index < -0.39 is 0 Å². The zero-order valence-corrected chi connectivity index (χ0v) is 20.9. The number of ether oxygens (including phenoxy) is 3. The average molecular weight is 470 g/mol. The number of rotatable bonds is 11. The zero-order valence-electron chi connectivity index (χ0n) is 20.1. The topological polar surface area (TPSA) is 75.5 Å². The first-order valence-corrected chi connectivity index (χ1v) is 11.8. The van der Waals surface area contributed by atoms with Crippen LogP contribution in [0.1, 0.15) is 33.5 Å². The predicted molar refractivity (Wildman–Crippen MR) is 131 cm³/mol. The number of Topliss-reactive ketones (excluding diaryl/α,β-unsaturated/α-hetero) is 1. The summed E-state index contributed by atoms with van der Waals surface area (Å²) in [5, 5.41) is 9.53. The molecule has 0 N–H and O–H groups in total. The zero-order chi connectivity index (χ0) is 24.0. The number of hydrogen-bond acceptors (Lipinski definition) is 7. The third kappa shape index (κ3) is 5.75. The van der Waals surface area contributed by atoms with E-state index in [0.29, 0.717) is 35.6 Å². The first-order chi connectivity index (χ1) is 15.9. The molecule has 0 saturated carbocycles. The minimum absolute atomic E-state index is 0.0831. The van der Waals surface area contributed by atoms with Gasteiger partial charge in [-0.15, -0.1) is 10.2 Å². The second kappa shape index (κ2) is 11.3. The molecule has 33 heavy (non-hydrogen) atoms. The Morgan fingerprint density at radius 2 is 1.67 bits per heavy atom. The standard InChI is InChI=1S/C25H31N3O4S/c1-16-12-18(3)20(13-17(16)2)21(29)15-33-25-27-26-24(28(25)10-7-11-30-4)19-8-9-22(31-5)23(14-19)32-6/h8-9,12-14H,7,10-11,15H2,1-6H3. The van der Waals surface area contributed by atoms with Gasteiger partial charge in [0.15, 0.2) is 28.3 Å². The highest BCUT2D eigenvalue weighted by Crippen LogP contribution is 2.33. The van der Waals surface area contributed by atoms with E-state index in [-0.39, 0.29) is 11.5 Å². The summed E-state index contributed by atoms with van der Waals surface area (Å²) in [5.74, 6) is 2.35. The van der Waals surface area contributed by atoms with Crippen molar-refractivity contribution >= 4 is 17.5 Å². The van der Waals surface area contributed by atoms with E-state index in [0.717, 1.165) is 28.7 Å². The van der Waals surface area contributed by atoms with Gasteiger partial charge in [0.2, 0.25) is 0 Å². The summed E-state index contributed by atoms with van der Waals surface area (Å²) in [6, 6.07) is 9.70. The fourth-order valence-electron chi connectivity index (χ4n) is 3.62. The van der Waals surface area contributed by atoms with Crippen LogP contribution in [0.3, 0.4) is 0 Å². The van der Waals surface area contributed by atoms with Gasteiger partial charge in [-0.25, -0.2) is 0 Å². The Morgan fingerprint density at radius 1 is 0.939 bits per heavy atom. The fourth-order valence-corrected chi connectivity index (χ4v) is 4.47. The lowest BCUT2D eigenvalue weighted by atomic mass is 9.99. The molecule has 0 saturated heterocycles. The Morgan fingerprint density at radius 3 is 2.36 bits per heavy atom. The molecule has 2 aromatic carbocycles. The monoisotopic (exact) mass is 469 g/mol. The van der Waals surface area contributed by atoms with Gasteiger partial charge in [0.05, 0.1) is 20.0 Å². The van der Waals surface area contributed by atoms with E-state index in [9.17, 15) is 4.79 Å². The number of benzene rings is 2. The molecule has 7 nitrogen and oxygen atoms in total. The molecule has 176 valence electrons. The van der Waals surface area contributed by atoms with Crippen molar-refractivity contribution in [1.82, 2.24) is 14.8 Å². The van der Waals surface area contributed by atoms with Crippen LogP contribution < -0.4 is 9.47 Å². The fraction of sp³-hybridized carbons (Fsp3) is 0.400. The molecule has 0 radical (unpaired) electrons. The van der Waals surface area contributed by atoms with E-state index in [2.05, 4.69) is 23.2 Å². The number of nitrogens with zero attached hydrogens (tertiary/aromatic N) is 3. The molecule has 3 aromatic rings. The summed E-state index contributed by atoms with van der Waals surface area (Å²) in [6.45, 7) is 7.36. The molecule has 8 heteroatoms. The highest BCUT2D eigenvalue weighted by molar-refractivity contribution is 7.99. The van der Waals surface area contributed by atoms with Gasteiger partial charge in [-0.3, -0.25) is 4.79 Å². The van der Waals surface area contributed by atoms with Gasteiger partial charge in [-0.2, -0.15) is 0 Å². The number of hydrogen-bond donors (Lipinski definition) is 0. The van der Waals surface area contributed by atoms with Gasteiger partial charge in [-0.05, 0) is 68.1 Å². The quantitative estimate of drug-likeness (QED) is 0.225. The third-order valence-corrected chi connectivity index (χ3v) is 6.53. The highest BCUT2D eigenvalue weighted by atomic mass is 32.2. The Bertz CT molecular complexity index is 1130. The predicted octanol–water partition coefficient (Wildman–Crippen LogP) is 4.90. The van der Waals surface area contributed by atoms with Crippen LogP contribution >= 0.6 is 11.8 Å². The Balaban J connectivity index is 1.87. The van der Waals surface area contributed by atoms with Crippen molar-refractivity contribution in [2.45, 2.75) is 38.9 Å². The second-order valence-corrected chi connectivity index (χ2v) is 8.78. The van der Waals surface area contributed by atoms with Crippen molar-refractivity contribution < 1.29 is 19.0 Å². The van der Waals surface area contributed by atoms with E-state index >= 15 is 0 Å². The molecule has 1 heterocycles. The lowest BCUT2D eigenvalue weighted by Crippen LogP contribution is -2.09. The lowest BCUT2D eigenvalue weighted by molar-refractivity contribution is 0.102. The minimum Gasteiger partial charge on any atom is -0.493 e. The van der Waals surface area contributed by atoms with Gasteiger partial charge >= 0.3 is 0 Å². The molecule has 0 atom stereocenters. The second-order valence-electron chi connectivity index (χ2n) is 7.84. The van der Waals surface area contributed by atoms with Crippen LogP contribution in [0, 0.1) is 20.8 Å². The molecular weight excluding hydrogens is 438 g/mol. The van der Waals surface area contributed by atoms with E-state index in [4.69, 9.17) is 14.2 Å². The molecule has 0 aliphatic rings. The first kappa shape index (κ1) is 24.8. The Hall–Kier alpha value is -2.84. The van der Waals surface area contributed by atoms with Crippen LogP contribution in [-0.4, -0.2) is 54.2 Å². The van der Waals surface area contributed by atoms with Crippen LogP contribution in [0.4, 0.5) is 0 Å². The van der Waals surface area contributed by atoms with Crippen LogP contribution in [-0.2, 0) is 11.3 Å². The smallest absolute Gasteiger partial charge is 0.191 e. The molecular formula is C25H31N3O4S. The molecule has 0 aliphatic heterocycles. The summed E-state index contributed by atoms with van der Waals surface area (Å²) >= 11 is 1.40. The van der Waals surface area contributed by atoms with Gasteiger partial charge in [0, 0.05) is 31.4 Å². The summed E-state index contributed by atoms with van der Waals surface area (Å²) < 4.78 is 18.1. The number of aryl methyl sites for hydroxylation is 3. The Kier molecular flexibility index (Phi) is 8.52. The molecule has 0 spiro atoms. The number of ketones is 1. The van der Waals surface area contributed by atoms with Gasteiger partial charge in [0.25, 0.3) is 0 Å². The molecule has 1 aromatic heterocycles. The SMILES string of the molecule is COCCCn1c(SCC(=O)c2cc(C)c(C)cc2C)nnc1-c1ccc(OC)c(OC)c1. The van der Waals surface area contributed by atoms with Gasteiger partial charge in [0.1, 0.15) is 0 Å². The van der Waals surface area contributed by atoms with Crippen LogP contribution in [0.15, 0.2) is 35.5 Å². The van der Waals surface area contributed by atoms with Crippen molar-refractivity contribution in [3.63, 3.8) is 0 Å². The molecule has 3 rings (SSSR count). The van der Waals surface area contributed by atoms with Crippen molar-refractivity contribution in [2.24, 2.45) is 0 Å². The van der Waals surface area contributed by atoms with Crippen LogP contribution in [0.2, 0.25) is 0 Å². The highest BCUT2D eigenvalue weighted by Gasteiger charge is 2.18. The maximum absolute atomic E-state index is 13.0. The summed E-state index contributed by atoms with van der Waals surface area (Å²) in [7, 11) is 4.89. The Labute approximate surface area is 199 Å². The average Bonchev–Trinajstić information content (AvgIpc) is 3.22. The lowest BCUT2D eigenvalue weighted by Gasteiger charge is -2.12. The maximum Gasteiger partial charge on any atom is 0.191 e. The van der Waals surface area contributed by atoms with Crippen molar-refractivity contribution in [2.75, 3.05) is 33.7 Å². The van der Waals surface area contributed by atoms with Crippen molar-refractivity contribution in [3.05, 3.63) is 52.6 Å². The van der Waals surface area contributed by atoms with E-state index in [1.807, 2.05) is 42.7 Å². The van der Waals surface area contributed by atoms with Crippen molar-refractivity contribution in [1.29, 1.82) is 0 Å². The largest absolute Gasteiger partial charge is 0.493 e. The van der Waals surface area contributed by atoms with E-state index in [1.54, 1.807) is 21.3 Å². The first-order valence-electron chi connectivity index (χ1n) is 10.8. The summed E-state index contributed by atoms with van der Waals surface area (Å²) in [4.78, 5) is 13.0. The van der Waals surface area contributed by atoms with Crippen LogP contribution in [0.25, 0.3) is 11.4 Å². The van der Waals surface area contributed by atoms with Crippen LogP contribution in [0.5, 0.6) is 11.5 Å². The molecule has 0 amide bonds. The molecule has 0 fully saturated rings. The van der Waals surface area contributed by atoms with Gasteiger partial charge in [-0.1, -0.05) is 17.8 Å². The normalized spacial score (nSPS) is 11.0. The molecule has 0 unspecified atom stereocenters. The number of carbonyl (C=O) groups excluding carboxylic acids is 1. The molecule has 0 aliphatic carbocycles. The van der Waals surface area contributed by atoms with E-state index in [1.165, 1.54) is 17.3 Å².